The number of benzene rings is 4. The molecule has 0 bridgehead atoms. The zero-order valence-electron chi connectivity index (χ0n) is 28.5. The van der Waals surface area contributed by atoms with Gasteiger partial charge in [-0.3, -0.25) is 0 Å². The smallest absolute Gasteiger partial charge is 0.416 e. The fraction of sp³-hybridized carbons (Fsp3) is 0.182. The van der Waals surface area contributed by atoms with Crippen LogP contribution in [0.1, 0.15) is 64.5 Å². The Morgan fingerprint density at radius 1 is 0.300 bits per heavy atom. The van der Waals surface area contributed by atoms with Crippen molar-refractivity contribution in [2.45, 2.75) is 37.1 Å². The van der Waals surface area contributed by atoms with Crippen LogP contribution in [0, 0.1) is 0 Å². The van der Waals surface area contributed by atoms with E-state index < -0.39 is 105 Å². The number of carboxylic acids is 3. The highest BCUT2D eigenvalue weighted by Gasteiger charge is 2.39. The van der Waals surface area contributed by atoms with E-state index in [-0.39, 0.29) is 34.9 Å². The van der Waals surface area contributed by atoms with Gasteiger partial charge in [0.05, 0.1) is 50.1 Å². The second-order valence-electron chi connectivity index (χ2n) is 11.2. The highest BCUT2D eigenvalue weighted by atomic mass is 19.4. The number of nitrogens with two attached hydrogens (primary N) is 3. The Balaban J connectivity index is 0.000000400. The lowest BCUT2D eigenvalue weighted by Crippen LogP contribution is -2.11. The van der Waals surface area contributed by atoms with E-state index in [9.17, 15) is 93.4 Å². The number of halogens is 18. The highest BCUT2D eigenvalue weighted by Crippen LogP contribution is 2.39. The van der Waals surface area contributed by atoms with Crippen molar-refractivity contribution in [3.63, 3.8) is 0 Å². The summed E-state index contributed by atoms with van der Waals surface area (Å²) in [5.74, 6) is -4.12. The molecule has 0 aromatic heterocycles. The Hall–Kier alpha value is -6.57. The van der Waals surface area contributed by atoms with Gasteiger partial charge in [0.1, 0.15) is 0 Å². The van der Waals surface area contributed by atoms with Gasteiger partial charge in [0, 0.05) is 17.1 Å². The summed E-state index contributed by atoms with van der Waals surface area (Å²) in [6, 6.07) is 5.49. The third-order valence-electron chi connectivity index (χ3n) is 6.50. The first-order valence-electron chi connectivity index (χ1n) is 14.7. The fourth-order valence-corrected chi connectivity index (χ4v) is 3.93. The van der Waals surface area contributed by atoms with Crippen LogP contribution in [0.5, 0.6) is 0 Å². The summed E-state index contributed by atoms with van der Waals surface area (Å²) in [7, 11) is 0. The minimum absolute atomic E-state index is 0.0242. The summed E-state index contributed by atoms with van der Waals surface area (Å²) in [5.41, 5.74) is 3.59. The van der Waals surface area contributed by atoms with E-state index in [1.165, 1.54) is 0 Å². The molecule has 0 saturated heterocycles. The summed E-state index contributed by atoms with van der Waals surface area (Å²) < 4.78 is 218. The Morgan fingerprint density at radius 3 is 0.533 bits per heavy atom. The predicted molar refractivity (Wildman–Crippen MR) is 170 cm³/mol. The maximum atomic E-state index is 12.1. The minimum Gasteiger partial charge on any atom is -0.478 e. The van der Waals surface area contributed by atoms with Crippen molar-refractivity contribution in [3.05, 3.63) is 123 Å². The van der Waals surface area contributed by atoms with E-state index in [1.807, 2.05) is 0 Å². The van der Waals surface area contributed by atoms with Gasteiger partial charge < -0.3 is 32.5 Å². The molecule has 4 aromatic carbocycles. The number of carboxylic acid groups (broad SMARTS) is 3. The van der Waals surface area contributed by atoms with Crippen molar-refractivity contribution in [1.82, 2.24) is 0 Å². The topological polar surface area (TPSA) is 190 Å². The van der Waals surface area contributed by atoms with E-state index in [0.717, 1.165) is 18.2 Å². The van der Waals surface area contributed by atoms with Crippen LogP contribution in [0.4, 0.5) is 96.1 Å². The first-order chi connectivity index (χ1) is 26.7. The molecule has 0 fully saturated rings. The van der Waals surface area contributed by atoms with Crippen LogP contribution in [-0.4, -0.2) is 33.2 Å². The van der Waals surface area contributed by atoms with Crippen molar-refractivity contribution in [2.75, 3.05) is 17.2 Å². The molecule has 27 heteroatoms. The van der Waals surface area contributed by atoms with Gasteiger partial charge in [0.25, 0.3) is 0 Å². The SMILES string of the molecule is Nc1cc(C(F)(F)F)cc(C(F)(F)F)c1.Nc1cc(C(F)(F)F)cc(C(F)(F)F)c1.Nc1cc(C(F)(F)F)cc(C(F)(F)F)c1.O=C(O)c1cc(C(=O)O)cc(C(=O)O)c1. The molecule has 0 aliphatic carbocycles. The van der Waals surface area contributed by atoms with Crippen LogP contribution >= 0.6 is 0 Å². The van der Waals surface area contributed by atoms with E-state index in [4.69, 9.17) is 32.5 Å². The number of carbonyl (C=O) groups is 3. The number of rotatable bonds is 3. The third-order valence-corrected chi connectivity index (χ3v) is 6.50. The average molecular weight is 898 g/mol. The molecule has 9 N–H and O–H groups in total. The van der Waals surface area contributed by atoms with E-state index >= 15 is 0 Å². The molecule has 0 heterocycles. The predicted octanol–water partition coefficient (Wildman–Crippen LogP) is 10.7. The second kappa shape index (κ2) is 18.6. The van der Waals surface area contributed by atoms with Crippen molar-refractivity contribution >= 4 is 35.0 Å². The average Bonchev–Trinajstić information content (AvgIpc) is 3.05. The Kier molecular flexibility index (Phi) is 15.9. The number of hydrogen-bond donors (Lipinski definition) is 6. The standard InChI is InChI=1S/C9H6O6.3C8H5F6N/c10-7(11)4-1-5(8(12)13)3-6(2-4)9(14)15;3*9-7(10,11)4-1-5(8(12,13)14)3-6(15)2-4/h1-3H,(H,10,11)(H,12,13)(H,14,15);3*1-3H,15H2. The molecule has 4 aromatic rings. The Morgan fingerprint density at radius 2 is 0.433 bits per heavy atom. The van der Waals surface area contributed by atoms with Gasteiger partial charge in [0.15, 0.2) is 0 Å². The van der Waals surface area contributed by atoms with Gasteiger partial charge in [-0.2, -0.15) is 79.0 Å². The number of anilines is 3. The maximum absolute atomic E-state index is 12.1. The van der Waals surface area contributed by atoms with Crippen LogP contribution in [0.3, 0.4) is 0 Å². The molecule has 0 aliphatic heterocycles. The summed E-state index contributed by atoms with van der Waals surface area (Å²) >= 11 is 0. The normalized spacial score (nSPS) is 12.1. The van der Waals surface area contributed by atoms with Crippen LogP contribution in [0.15, 0.2) is 72.8 Å². The fourth-order valence-electron chi connectivity index (χ4n) is 3.93. The first kappa shape index (κ1) is 51.4. The lowest BCUT2D eigenvalue weighted by molar-refractivity contribution is -0.144. The van der Waals surface area contributed by atoms with Crippen LogP contribution < -0.4 is 17.2 Å². The molecule has 0 atom stereocenters. The largest absolute Gasteiger partial charge is 0.478 e. The summed E-state index contributed by atoms with van der Waals surface area (Å²) in [6.45, 7) is 0. The molecule has 0 amide bonds. The van der Waals surface area contributed by atoms with Gasteiger partial charge in [-0.15, -0.1) is 0 Å². The number of alkyl halides is 18. The number of hydrogen-bond acceptors (Lipinski definition) is 6. The molecule has 0 unspecified atom stereocenters. The monoisotopic (exact) mass is 897 g/mol. The van der Waals surface area contributed by atoms with Crippen molar-refractivity contribution in [3.8, 4) is 0 Å². The summed E-state index contributed by atoms with van der Waals surface area (Å²) in [6.07, 6.45) is -29.0. The minimum atomic E-state index is -4.84. The molecular formula is C33H21F18N3O6. The molecule has 0 saturated carbocycles. The maximum Gasteiger partial charge on any atom is 0.416 e. The van der Waals surface area contributed by atoms with Crippen LogP contribution in [-0.2, 0) is 37.1 Å². The van der Waals surface area contributed by atoms with E-state index in [2.05, 4.69) is 0 Å². The van der Waals surface area contributed by atoms with Crippen LogP contribution in [0.25, 0.3) is 0 Å². The molecule has 0 spiro atoms. The molecular weight excluding hydrogens is 876 g/mol. The molecule has 330 valence electrons. The Labute approximate surface area is 321 Å². The zero-order chi connectivity index (χ0) is 47.1. The van der Waals surface area contributed by atoms with Gasteiger partial charge in [0.2, 0.25) is 0 Å². The van der Waals surface area contributed by atoms with Crippen molar-refractivity contribution in [1.29, 1.82) is 0 Å². The third kappa shape index (κ3) is 16.4. The summed E-state index contributed by atoms with van der Waals surface area (Å²) in [4.78, 5) is 31.7. The molecule has 9 nitrogen and oxygen atoms in total. The first-order valence-corrected chi connectivity index (χ1v) is 14.7. The number of aromatic carboxylic acids is 3. The molecule has 60 heavy (non-hydrogen) atoms. The zero-order valence-corrected chi connectivity index (χ0v) is 28.5. The molecule has 0 radical (unpaired) electrons. The Bertz CT molecular complexity index is 1820. The number of nitrogen functional groups attached to an aromatic ring is 3. The quantitative estimate of drug-likeness (QED) is 0.0858. The second-order valence-corrected chi connectivity index (χ2v) is 11.2. The summed E-state index contributed by atoms with van der Waals surface area (Å²) in [5, 5.41) is 25.8. The van der Waals surface area contributed by atoms with E-state index in [0.29, 0.717) is 36.4 Å². The van der Waals surface area contributed by atoms with Gasteiger partial charge in [-0.1, -0.05) is 0 Å². The molecule has 0 aliphatic rings. The van der Waals surface area contributed by atoms with Gasteiger partial charge in [-0.25, -0.2) is 14.4 Å². The van der Waals surface area contributed by atoms with E-state index in [1.54, 1.807) is 0 Å². The van der Waals surface area contributed by atoms with Gasteiger partial charge in [-0.05, 0) is 72.8 Å². The van der Waals surface area contributed by atoms with Gasteiger partial charge >= 0.3 is 55.0 Å². The van der Waals surface area contributed by atoms with Crippen molar-refractivity contribution < 1.29 is 109 Å². The highest BCUT2D eigenvalue weighted by molar-refractivity contribution is 5.98. The van der Waals surface area contributed by atoms with Crippen LogP contribution in [0.2, 0.25) is 0 Å². The lowest BCUT2D eigenvalue weighted by Gasteiger charge is -2.12. The molecule has 4 rings (SSSR count). The van der Waals surface area contributed by atoms with Crippen molar-refractivity contribution in [2.24, 2.45) is 0 Å². The lowest BCUT2D eigenvalue weighted by atomic mass is 10.1.